The van der Waals surface area contributed by atoms with Crippen LogP contribution in [0, 0.1) is 0 Å². The molecule has 6 heteroatoms. The Bertz CT molecular complexity index is 255. The van der Waals surface area contributed by atoms with Crippen LogP contribution in [-0.4, -0.2) is 58.4 Å². The van der Waals surface area contributed by atoms with E-state index in [0.717, 1.165) is 0 Å². The lowest BCUT2D eigenvalue weighted by atomic mass is 10.1. The second-order valence-electron chi connectivity index (χ2n) is 4.34. The fraction of sp³-hybridized carbons (Fsp3) is 1.00. The zero-order valence-electron chi connectivity index (χ0n) is 8.71. The molecule has 2 fully saturated rings. The topological polar surface area (TPSA) is 88.4 Å². The predicted molar refractivity (Wildman–Crippen MR) is 47.8 cm³/mol. The number of ether oxygens (including phenoxy) is 3. The summed E-state index contributed by atoms with van der Waals surface area (Å²) in [5.74, 6) is -2.26. The summed E-state index contributed by atoms with van der Waals surface area (Å²) in [6, 6.07) is 0. The lowest BCUT2D eigenvalue weighted by molar-refractivity contribution is -0.276. The molecule has 2 rings (SSSR count). The minimum Gasteiger partial charge on any atom is -0.394 e. The maximum absolute atomic E-state index is 9.79. The van der Waals surface area contributed by atoms with Gasteiger partial charge < -0.3 is 29.5 Å². The highest BCUT2D eigenvalue weighted by Crippen LogP contribution is 2.44. The van der Waals surface area contributed by atoms with E-state index in [4.69, 9.17) is 19.3 Å². The number of aliphatic hydroxyl groups is 3. The molecular formula is C9H16O6. The van der Waals surface area contributed by atoms with E-state index in [1.165, 1.54) is 0 Å². The summed E-state index contributed by atoms with van der Waals surface area (Å²) in [6.45, 7) is 2.58. The Morgan fingerprint density at radius 1 is 1.20 bits per heavy atom. The van der Waals surface area contributed by atoms with Crippen LogP contribution in [0.15, 0.2) is 0 Å². The van der Waals surface area contributed by atoms with E-state index >= 15 is 0 Å². The van der Waals surface area contributed by atoms with Crippen molar-refractivity contribution in [2.75, 3.05) is 13.2 Å². The molecular weight excluding hydrogens is 204 g/mol. The maximum atomic E-state index is 9.79. The fourth-order valence-electron chi connectivity index (χ4n) is 2.14. The van der Waals surface area contributed by atoms with Crippen LogP contribution in [0.25, 0.3) is 0 Å². The van der Waals surface area contributed by atoms with Gasteiger partial charge in [-0.25, -0.2) is 0 Å². The molecule has 0 saturated carbocycles. The van der Waals surface area contributed by atoms with Gasteiger partial charge in [-0.2, -0.15) is 0 Å². The van der Waals surface area contributed by atoms with Gasteiger partial charge in [-0.1, -0.05) is 0 Å². The first-order valence-electron chi connectivity index (χ1n) is 4.90. The van der Waals surface area contributed by atoms with E-state index in [9.17, 15) is 10.2 Å². The van der Waals surface area contributed by atoms with E-state index in [-0.39, 0.29) is 6.61 Å². The maximum Gasteiger partial charge on any atom is 0.224 e. The summed E-state index contributed by atoms with van der Waals surface area (Å²) in [5, 5.41) is 28.0. The Morgan fingerprint density at radius 2 is 1.87 bits per heavy atom. The van der Waals surface area contributed by atoms with Gasteiger partial charge in [-0.15, -0.1) is 0 Å². The summed E-state index contributed by atoms with van der Waals surface area (Å²) in [5.41, 5.74) is 0. The zero-order valence-corrected chi connectivity index (χ0v) is 8.71. The second-order valence-corrected chi connectivity index (χ2v) is 4.34. The lowest BCUT2D eigenvalue weighted by Gasteiger charge is -2.26. The van der Waals surface area contributed by atoms with Gasteiger partial charge in [-0.05, 0) is 13.8 Å². The van der Waals surface area contributed by atoms with Crippen LogP contribution in [0.2, 0.25) is 0 Å². The van der Waals surface area contributed by atoms with Crippen molar-refractivity contribution in [1.82, 2.24) is 0 Å². The van der Waals surface area contributed by atoms with E-state index in [1.54, 1.807) is 13.8 Å². The Morgan fingerprint density at radius 3 is 2.33 bits per heavy atom. The number of fused-ring (bicyclic) bond motifs is 1. The monoisotopic (exact) mass is 220 g/mol. The van der Waals surface area contributed by atoms with Crippen LogP contribution in [-0.2, 0) is 14.2 Å². The average molecular weight is 220 g/mol. The van der Waals surface area contributed by atoms with Crippen molar-refractivity contribution in [2.45, 2.75) is 43.7 Å². The van der Waals surface area contributed by atoms with Gasteiger partial charge in [0, 0.05) is 0 Å². The summed E-state index contributed by atoms with van der Waals surface area (Å²) < 4.78 is 16.2. The molecule has 88 valence electrons. The van der Waals surface area contributed by atoms with Gasteiger partial charge in [0.15, 0.2) is 5.79 Å². The third-order valence-corrected chi connectivity index (χ3v) is 2.71. The Labute approximate surface area is 87.4 Å². The van der Waals surface area contributed by atoms with Crippen LogP contribution in [0.5, 0.6) is 0 Å². The normalized spacial score (nSPS) is 48.2. The number of rotatable bonds is 2. The quantitative estimate of drug-likeness (QED) is 0.529. The van der Waals surface area contributed by atoms with Crippen molar-refractivity contribution in [2.24, 2.45) is 0 Å². The second kappa shape index (κ2) is 3.38. The molecule has 0 amide bonds. The molecule has 2 aliphatic rings. The molecule has 15 heavy (non-hydrogen) atoms. The van der Waals surface area contributed by atoms with Gasteiger partial charge >= 0.3 is 0 Å². The van der Waals surface area contributed by atoms with Gasteiger partial charge in [-0.3, -0.25) is 0 Å². The molecule has 0 aromatic carbocycles. The van der Waals surface area contributed by atoms with Crippen molar-refractivity contribution < 1.29 is 29.5 Å². The molecule has 0 radical (unpaired) electrons. The molecule has 0 bridgehead atoms. The molecule has 0 aromatic heterocycles. The standard InChI is InChI=1S/C9H16O6/c1-8(2)14-7-6(12)5(3-10)13-9(7,4-11)15-8/h5-7,10-12H,3-4H2,1-2H3/t5-,6?,7?,9-/m0/s1. The molecule has 2 unspecified atom stereocenters. The van der Waals surface area contributed by atoms with Crippen LogP contribution in [0.4, 0.5) is 0 Å². The highest BCUT2D eigenvalue weighted by Gasteiger charge is 2.64. The van der Waals surface area contributed by atoms with Gasteiger partial charge in [0.2, 0.25) is 5.79 Å². The first kappa shape index (κ1) is 11.3. The Hall–Kier alpha value is -0.240. The largest absolute Gasteiger partial charge is 0.394 e. The van der Waals surface area contributed by atoms with Crippen molar-refractivity contribution in [3.8, 4) is 0 Å². The molecule has 2 aliphatic heterocycles. The van der Waals surface area contributed by atoms with E-state index in [2.05, 4.69) is 0 Å². The molecule has 2 heterocycles. The van der Waals surface area contributed by atoms with E-state index in [1.807, 2.05) is 0 Å². The molecule has 6 nitrogen and oxygen atoms in total. The van der Waals surface area contributed by atoms with Crippen molar-refractivity contribution in [3.05, 3.63) is 0 Å². The third-order valence-electron chi connectivity index (χ3n) is 2.71. The first-order valence-corrected chi connectivity index (χ1v) is 4.90. The van der Waals surface area contributed by atoms with Crippen molar-refractivity contribution >= 4 is 0 Å². The number of hydrogen-bond donors (Lipinski definition) is 3. The highest BCUT2D eigenvalue weighted by molar-refractivity contribution is 5.02. The SMILES string of the molecule is CC1(C)OC2C(O)[C@H](CO)O[C@@]2(CO)O1. The third kappa shape index (κ3) is 1.57. The summed E-state index contributed by atoms with van der Waals surface area (Å²) in [4.78, 5) is 0. The minimum atomic E-state index is -1.35. The summed E-state index contributed by atoms with van der Waals surface area (Å²) >= 11 is 0. The van der Waals surface area contributed by atoms with Gasteiger partial charge in [0.05, 0.1) is 6.61 Å². The Kier molecular flexibility index (Phi) is 2.53. The van der Waals surface area contributed by atoms with Crippen LogP contribution in [0.3, 0.4) is 0 Å². The van der Waals surface area contributed by atoms with Crippen molar-refractivity contribution in [3.63, 3.8) is 0 Å². The fourth-order valence-corrected chi connectivity index (χ4v) is 2.14. The molecule has 0 aliphatic carbocycles. The van der Waals surface area contributed by atoms with Crippen LogP contribution < -0.4 is 0 Å². The van der Waals surface area contributed by atoms with E-state index < -0.39 is 36.5 Å². The predicted octanol–water partition coefficient (Wildman–Crippen LogP) is -1.42. The number of hydrogen-bond acceptors (Lipinski definition) is 6. The first-order chi connectivity index (χ1) is 6.94. The highest BCUT2D eigenvalue weighted by atomic mass is 16.9. The molecule has 3 N–H and O–H groups in total. The zero-order chi connectivity index (χ0) is 11.3. The summed E-state index contributed by atoms with van der Waals surface area (Å²) in [6.07, 6.45) is -2.54. The lowest BCUT2D eigenvalue weighted by Crippen LogP contribution is -2.43. The Balaban J connectivity index is 2.24. The number of aliphatic hydroxyl groups excluding tert-OH is 3. The van der Waals surface area contributed by atoms with Crippen LogP contribution >= 0.6 is 0 Å². The van der Waals surface area contributed by atoms with Gasteiger partial charge in [0.25, 0.3) is 0 Å². The summed E-state index contributed by atoms with van der Waals surface area (Å²) in [7, 11) is 0. The molecule has 0 aromatic rings. The molecule has 4 atom stereocenters. The van der Waals surface area contributed by atoms with Gasteiger partial charge in [0.1, 0.15) is 24.9 Å². The molecule has 0 spiro atoms. The molecule has 2 saturated heterocycles. The average Bonchev–Trinajstić information content (AvgIpc) is 2.58. The van der Waals surface area contributed by atoms with Crippen LogP contribution in [0.1, 0.15) is 13.8 Å². The van der Waals surface area contributed by atoms with E-state index in [0.29, 0.717) is 0 Å². The smallest absolute Gasteiger partial charge is 0.224 e. The minimum absolute atomic E-state index is 0.341. The van der Waals surface area contributed by atoms with Crippen molar-refractivity contribution in [1.29, 1.82) is 0 Å².